The van der Waals surface area contributed by atoms with Gasteiger partial charge in [-0.15, -0.1) is 15.7 Å². The standard InChI is InChI=1S/C14H13N3O3S.ClHO4/c18-14(10-5-7-12(8-6-10)17(19)20)15-16-9-11-3-1-2-4-13(11)21-16;2-1(3,4)5/h5-9H,1-4H2;(H,2,3,4,5). The molecule has 2 aromatic rings. The van der Waals surface area contributed by atoms with E-state index in [0.29, 0.717) is 5.56 Å². The fraction of sp³-hybridized carbons (Fsp3) is 0.286. The third kappa shape index (κ3) is 6.29. The van der Waals surface area contributed by atoms with Crippen LogP contribution in [0, 0.1) is 20.4 Å². The summed E-state index contributed by atoms with van der Waals surface area (Å²) in [4.78, 5) is 23.5. The monoisotopic (exact) mass is 403 g/mol. The summed E-state index contributed by atoms with van der Waals surface area (Å²) in [7, 11) is -4.94. The third-order valence-corrected chi connectivity index (χ3v) is 4.57. The topological polar surface area (TPSA) is 168 Å². The number of carbonyl (C=O) groups is 1. The first-order valence-corrected chi connectivity index (χ1v) is 9.35. The van der Waals surface area contributed by atoms with E-state index in [-0.39, 0.29) is 11.6 Å². The van der Waals surface area contributed by atoms with E-state index in [0.717, 1.165) is 12.8 Å². The molecule has 0 bridgehead atoms. The van der Waals surface area contributed by atoms with Gasteiger partial charge >= 0.3 is 5.91 Å². The SMILES string of the molecule is O=C(N[n+]1cc2c(s1)CCCC2)c1ccc([N+](=O)[O-])cc1.[O-][Cl+3]([O-])([O-])[O-]. The van der Waals surface area contributed by atoms with Gasteiger partial charge in [-0.2, -0.15) is 0 Å². The van der Waals surface area contributed by atoms with Crippen LogP contribution >= 0.6 is 11.5 Å². The molecule has 12 heteroatoms. The number of nitrogens with one attached hydrogen (secondary N) is 1. The van der Waals surface area contributed by atoms with Crippen LogP contribution in [0.3, 0.4) is 0 Å². The van der Waals surface area contributed by atoms with Crippen LogP contribution in [0.4, 0.5) is 5.69 Å². The fourth-order valence-corrected chi connectivity index (χ4v) is 3.44. The number of nitro groups is 1. The maximum atomic E-state index is 12.1. The lowest BCUT2D eigenvalue weighted by Crippen LogP contribution is -2.68. The minimum Gasteiger partial charge on any atom is -0.263 e. The van der Waals surface area contributed by atoms with Crippen molar-refractivity contribution in [3.63, 3.8) is 0 Å². The molecule has 1 aromatic carbocycles. The summed E-state index contributed by atoms with van der Waals surface area (Å²) in [6.45, 7) is 0. The van der Waals surface area contributed by atoms with Crippen LogP contribution in [0.25, 0.3) is 0 Å². The van der Waals surface area contributed by atoms with Gasteiger partial charge in [0.05, 0.1) is 9.80 Å². The zero-order valence-electron chi connectivity index (χ0n) is 13.3. The second kappa shape index (κ2) is 8.49. The molecule has 0 spiro atoms. The number of halogens is 1. The number of hydrogen-bond donors (Lipinski definition) is 1. The van der Waals surface area contributed by atoms with Crippen molar-refractivity contribution < 1.29 is 42.7 Å². The summed E-state index contributed by atoms with van der Waals surface area (Å²) in [5.41, 5.74) is 4.47. The molecule has 0 unspecified atom stereocenters. The molecule has 1 heterocycles. The molecule has 1 N–H and O–H groups in total. The van der Waals surface area contributed by atoms with Crippen molar-refractivity contribution in [3.05, 3.63) is 56.6 Å². The van der Waals surface area contributed by atoms with Crippen LogP contribution in [0.5, 0.6) is 0 Å². The molecule has 26 heavy (non-hydrogen) atoms. The van der Waals surface area contributed by atoms with Crippen molar-refractivity contribution in [2.24, 2.45) is 0 Å². The Bertz CT molecular complexity index is 759. The first-order chi connectivity index (χ1) is 12.1. The van der Waals surface area contributed by atoms with Gasteiger partial charge in [0.1, 0.15) is 0 Å². The Morgan fingerprint density at radius 1 is 1.12 bits per heavy atom. The zero-order valence-corrected chi connectivity index (χ0v) is 14.8. The maximum absolute atomic E-state index is 12.1. The molecule has 0 saturated heterocycles. The van der Waals surface area contributed by atoms with Crippen LogP contribution in [-0.4, -0.2) is 10.8 Å². The lowest BCUT2D eigenvalue weighted by atomic mass is 10.0. The number of amides is 1. The Balaban J connectivity index is 0.000000431. The van der Waals surface area contributed by atoms with E-state index in [4.69, 9.17) is 18.6 Å². The van der Waals surface area contributed by atoms with Crippen LogP contribution in [0.2, 0.25) is 0 Å². The maximum Gasteiger partial charge on any atom is 0.306 e. The summed E-state index contributed by atoms with van der Waals surface area (Å²) < 4.78 is 35.7. The largest absolute Gasteiger partial charge is 0.306 e. The third-order valence-electron chi connectivity index (χ3n) is 3.49. The highest BCUT2D eigenvalue weighted by atomic mass is 35.7. The Hall–Kier alpha value is -2.15. The van der Waals surface area contributed by atoms with Crippen molar-refractivity contribution in [3.8, 4) is 0 Å². The summed E-state index contributed by atoms with van der Waals surface area (Å²) in [6, 6.07) is 5.58. The van der Waals surface area contributed by atoms with Gasteiger partial charge in [0.2, 0.25) is 6.20 Å². The smallest absolute Gasteiger partial charge is 0.263 e. The Kier molecular flexibility index (Phi) is 6.58. The Morgan fingerprint density at radius 3 is 2.23 bits per heavy atom. The van der Waals surface area contributed by atoms with Gasteiger partial charge in [-0.1, -0.05) is 0 Å². The lowest BCUT2D eigenvalue weighted by Gasteiger charge is -2.17. The zero-order chi connectivity index (χ0) is 19.3. The van der Waals surface area contributed by atoms with E-state index in [1.54, 1.807) is 15.6 Å². The molecule has 0 fully saturated rings. The van der Waals surface area contributed by atoms with Crippen molar-refractivity contribution >= 4 is 23.1 Å². The molecular weight excluding hydrogens is 390 g/mol. The minimum absolute atomic E-state index is 0.0224. The Labute approximate surface area is 153 Å². The first-order valence-electron chi connectivity index (χ1n) is 7.35. The number of nitrogens with zero attached hydrogens (tertiary/aromatic N) is 2. The fourth-order valence-electron chi connectivity index (χ4n) is 2.38. The summed E-state index contributed by atoms with van der Waals surface area (Å²) >= 11 is 1.54. The molecule has 1 amide bonds. The molecule has 0 atom stereocenters. The number of nitro benzene ring substituents is 1. The predicted octanol–water partition coefficient (Wildman–Crippen LogP) is -2.55. The van der Waals surface area contributed by atoms with Gasteiger partial charge in [-0.05, 0) is 41.9 Å². The number of aryl methyl sites for hydroxylation is 2. The molecule has 10 nitrogen and oxygen atoms in total. The number of aromatic nitrogens is 1. The summed E-state index contributed by atoms with van der Waals surface area (Å²) in [5, 5.41) is 10.6. The van der Waals surface area contributed by atoms with Crippen LogP contribution in [-0.2, 0) is 12.8 Å². The van der Waals surface area contributed by atoms with Gasteiger partial charge in [0.25, 0.3) is 5.69 Å². The molecule has 0 aliphatic heterocycles. The van der Waals surface area contributed by atoms with Crippen molar-refractivity contribution in [1.82, 2.24) is 0 Å². The second-order valence-corrected chi connectivity index (χ2v) is 7.15. The number of benzene rings is 1. The summed E-state index contributed by atoms with van der Waals surface area (Å²) in [5.74, 6) is -0.270. The quantitative estimate of drug-likeness (QED) is 0.334. The van der Waals surface area contributed by atoms with Gasteiger partial charge in [-0.25, -0.2) is 18.6 Å². The number of carbonyl (C=O) groups excluding carboxylic acids is 1. The van der Waals surface area contributed by atoms with Gasteiger partial charge in [0, 0.05) is 23.3 Å². The number of non-ortho nitro benzene ring substituents is 1. The van der Waals surface area contributed by atoms with Crippen molar-refractivity contribution in [2.45, 2.75) is 25.7 Å². The number of hydrogen-bond acceptors (Lipinski definition) is 8. The molecule has 1 aliphatic rings. The molecule has 140 valence electrons. The molecule has 1 aromatic heterocycles. The highest BCUT2D eigenvalue weighted by Crippen LogP contribution is 2.22. The molecule has 1 aliphatic carbocycles. The van der Waals surface area contributed by atoms with E-state index in [2.05, 4.69) is 5.43 Å². The minimum atomic E-state index is -4.94. The molecule has 3 rings (SSSR count). The van der Waals surface area contributed by atoms with Gasteiger partial charge < -0.3 is 0 Å². The predicted molar refractivity (Wildman–Crippen MR) is 77.9 cm³/mol. The normalized spacial score (nSPS) is 13.2. The van der Waals surface area contributed by atoms with E-state index in [1.807, 2.05) is 6.20 Å². The van der Waals surface area contributed by atoms with Crippen LogP contribution in [0.1, 0.15) is 33.6 Å². The average molecular weight is 404 g/mol. The summed E-state index contributed by atoms with van der Waals surface area (Å²) in [6.07, 6.45) is 6.49. The average Bonchev–Trinajstić information content (AvgIpc) is 2.95. The van der Waals surface area contributed by atoms with E-state index in [1.165, 1.54) is 47.5 Å². The van der Waals surface area contributed by atoms with Gasteiger partial charge in [-0.3, -0.25) is 14.9 Å². The van der Waals surface area contributed by atoms with Crippen LogP contribution in [0.15, 0.2) is 30.5 Å². The first kappa shape index (κ1) is 20.2. The molecular formula is C14H14ClN3O7S. The van der Waals surface area contributed by atoms with Crippen molar-refractivity contribution in [2.75, 3.05) is 5.43 Å². The van der Waals surface area contributed by atoms with Crippen molar-refractivity contribution in [1.29, 1.82) is 0 Å². The van der Waals surface area contributed by atoms with E-state index < -0.39 is 15.2 Å². The number of fused-ring (bicyclic) bond motifs is 1. The second-order valence-electron chi connectivity index (χ2n) is 5.32. The lowest BCUT2D eigenvalue weighted by molar-refractivity contribution is -2.00. The number of rotatable bonds is 3. The highest BCUT2D eigenvalue weighted by Gasteiger charge is 2.21. The van der Waals surface area contributed by atoms with E-state index in [9.17, 15) is 14.9 Å². The highest BCUT2D eigenvalue weighted by molar-refractivity contribution is 7.02. The van der Waals surface area contributed by atoms with Crippen LogP contribution < -0.4 is 28.1 Å². The van der Waals surface area contributed by atoms with Gasteiger partial charge in [0.15, 0.2) is 11.5 Å². The van der Waals surface area contributed by atoms with E-state index >= 15 is 0 Å². The molecule has 0 radical (unpaired) electrons. The molecule has 0 saturated carbocycles. The Morgan fingerprint density at radius 2 is 1.69 bits per heavy atom.